The Bertz CT molecular complexity index is 444. The highest BCUT2D eigenvalue weighted by Crippen LogP contribution is 2.15. The van der Waals surface area contributed by atoms with Gasteiger partial charge in [-0.25, -0.2) is 4.39 Å². The molecule has 0 fully saturated rings. The molecule has 2 N–H and O–H groups in total. The number of hydrogen-bond donors (Lipinski definition) is 1. The number of hydrogen-bond acceptors (Lipinski definition) is 4. The summed E-state index contributed by atoms with van der Waals surface area (Å²) >= 11 is 0. The average Bonchev–Trinajstić information content (AvgIpc) is 2.68. The van der Waals surface area contributed by atoms with Gasteiger partial charge in [-0.15, -0.1) is 12.4 Å². The summed E-state index contributed by atoms with van der Waals surface area (Å²) in [6.07, 6.45) is 0.550. The first-order chi connectivity index (χ1) is 7.29. The Hall–Kier alpha value is -1.46. The SMILES string of the molecule is Cl.NCCc1nc(-c2ccc(F)cc2)no1. The molecular formula is C10H11ClFN3O. The van der Waals surface area contributed by atoms with Gasteiger partial charge in [-0.3, -0.25) is 0 Å². The monoisotopic (exact) mass is 243 g/mol. The lowest BCUT2D eigenvalue weighted by atomic mass is 10.2. The van der Waals surface area contributed by atoms with Crippen LogP contribution in [-0.4, -0.2) is 16.7 Å². The number of halogens is 2. The molecule has 0 saturated carbocycles. The molecule has 0 saturated heterocycles. The predicted octanol–water partition coefficient (Wildman–Crippen LogP) is 1.80. The zero-order chi connectivity index (χ0) is 10.7. The van der Waals surface area contributed by atoms with Crippen LogP contribution in [-0.2, 0) is 6.42 Å². The van der Waals surface area contributed by atoms with Crippen LogP contribution in [0.2, 0.25) is 0 Å². The van der Waals surface area contributed by atoms with E-state index in [-0.39, 0.29) is 18.2 Å². The van der Waals surface area contributed by atoms with Gasteiger partial charge in [0, 0.05) is 18.5 Å². The quantitative estimate of drug-likeness (QED) is 0.893. The first kappa shape index (κ1) is 12.6. The number of nitrogens with zero attached hydrogens (tertiary/aromatic N) is 2. The zero-order valence-electron chi connectivity index (χ0n) is 8.39. The molecule has 4 nitrogen and oxygen atoms in total. The molecule has 2 rings (SSSR count). The van der Waals surface area contributed by atoms with E-state index in [4.69, 9.17) is 10.3 Å². The van der Waals surface area contributed by atoms with E-state index in [1.165, 1.54) is 12.1 Å². The zero-order valence-corrected chi connectivity index (χ0v) is 9.21. The van der Waals surface area contributed by atoms with Crippen LogP contribution in [0.5, 0.6) is 0 Å². The summed E-state index contributed by atoms with van der Waals surface area (Å²) in [5.41, 5.74) is 6.08. The van der Waals surface area contributed by atoms with Gasteiger partial charge in [0.25, 0.3) is 0 Å². The number of nitrogens with two attached hydrogens (primary N) is 1. The van der Waals surface area contributed by atoms with Crippen molar-refractivity contribution in [2.24, 2.45) is 5.73 Å². The maximum atomic E-state index is 12.6. The van der Waals surface area contributed by atoms with E-state index in [9.17, 15) is 4.39 Å². The first-order valence-electron chi connectivity index (χ1n) is 4.58. The third-order valence-corrected chi connectivity index (χ3v) is 1.93. The average molecular weight is 244 g/mol. The summed E-state index contributed by atoms with van der Waals surface area (Å²) in [6, 6.07) is 5.92. The standard InChI is InChI=1S/C10H10FN3O.ClH/c11-8-3-1-7(2-4-8)10-13-9(5-6-12)15-14-10;/h1-4H,5-6,12H2;1H. The molecule has 1 aromatic heterocycles. The third-order valence-electron chi connectivity index (χ3n) is 1.93. The molecule has 0 unspecified atom stereocenters. The predicted molar refractivity (Wildman–Crippen MR) is 59.7 cm³/mol. The van der Waals surface area contributed by atoms with Crippen molar-refractivity contribution in [3.05, 3.63) is 36.0 Å². The maximum Gasteiger partial charge on any atom is 0.228 e. The Morgan fingerprint density at radius 1 is 1.25 bits per heavy atom. The van der Waals surface area contributed by atoms with Gasteiger partial charge in [-0.05, 0) is 24.3 Å². The Labute approximate surface area is 98.1 Å². The fourth-order valence-electron chi connectivity index (χ4n) is 1.20. The molecule has 0 atom stereocenters. The molecule has 1 heterocycles. The van der Waals surface area contributed by atoms with Crippen molar-refractivity contribution in [1.82, 2.24) is 10.1 Å². The molecule has 0 radical (unpaired) electrons. The van der Waals surface area contributed by atoms with Crippen molar-refractivity contribution in [1.29, 1.82) is 0 Å². The topological polar surface area (TPSA) is 64.9 Å². The number of rotatable bonds is 3. The van der Waals surface area contributed by atoms with Crippen LogP contribution in [0.25, 0.3) is 11.4 Å². The molecule has 0 spiro atoms. The van der Waals surface area contributed by atoms with Crippen molar-refractivity contribution in [2.75, 3.05) is 6.54 Å². The van der Waals surface area contributed by atoms with Gasteiger partial charge in [0.1, 0.15) is 5.82 Å². The summed E-state index contributed by atoms with van der Waals surface area (Å²) in [4.78, 5) is 4.12. The Kier molecular flexibility index (Phi) is 4.39. The van der Waals surface area contributed by atoms with Crippen molar-refractivity contribution < 1.29 is 8.91 Å². The molecular weight excluding hydrogens is 233 g/mol. The molecule has 0 amide bonds. The Morgan fingerprint density at radius 2 is 1.94 bits per heavy atom. The lowest BCUT2D eigenvalue weighted by Crippen LogP contribution is -2.02. The molecule has 16 heavy (non-hydrogen) atoms. The summed E-state index contributed by atoms with van der Waals surface area (Å²) < 4.78 is 17.6. The van der Waals surface area contributed by atoms with E-state index in [0.29, 0.717) is 24.7 Å². The summed E-state index contributed by atoms with van der Waals surface area (Å²) in [5, 5.41) is 3.77. The highest BCUT2D eigenvalue weighted by Gasteiger charge is 2.07. The number of aromatic nitrogens is 2. The van der Waals surface area contributed by atoms with E-state index in [0.717, 1.165) is 5.56 Å². The molecule has 0 bridgehead atoms. The van der Waals surface area contributed by atoms with E-state index in [2.05, 4.69) is 10.1 Å². The largest absolute Gasteiger partial charge is 0.339 e. The van der Waals surface area contributed by atoms with Gasteiger partial charge in [0.15, 0.2) is 0 Å². The van der Waals surface area contributed by atoms with Crippen molar-refractivity contribution in [3.63, 3.8) is 0 Å². The molecule has 0 aliphatic carbocycles. The van der Waals surface area contributed by atoms with Crippen molar-refractivity contribution in [3.8, 4) is 11.4 Å². The van der Waals surface area contributed by atoms with Crippen LogP contribution < -0.4 is 5.73 Å². The molecule has 0 aliphatic heterocycles. The van der Waals surface area contributed by atoms with Crippen LogP contribution in [0.3, 0.4) is 0 Å². The van der Waals surface area contributed by atoms with E-state index in [1.807, 2.05) is 0 Å². The van der Waals surface area contributed by atoms with Gasteiger partial charge in [-0.1, -0.05) is 5.16 Å². The van der Waals surface area contributed by atoms with Crippen LogP contribution >= 0.6 is 12.4 Å². The highest BCUT2D eigenvalue weighted by atomic mass is 35.5. The van der Waals surface area contributed by atoms with Gasteiger partial charge >= 0.3 is 0 Å². The van der Waals surface area contributed by atoms with Gasteiger partial charge in [-0.2, -0.15) is 4.98 Å². The fourth-order valence-corrected chi connectivity index (χ4v) is 1.20. The second-order valence-corrected chi connectivity index (χ2v) is 3.06. The first-order valence-corrected chi connectivity index (χ1v) is 4.58. The Balaban J connectivity index is 0.00000128. The van der Waals surface area contributed by atoms with Crippen LogP contribution in [0, 0.1) is 5.82 Å². The second kappa shape index (κ2) is 5.58. The normalized spacial score (nSPS) is 9.88. The molecule has 86 valence electrons. The van der Waals surface area contributed by atoms with Gasteiger partial charge in [0.2, 0.25) is 11.7 Å². The van der Waals surface area contributed by atoms with Crippen molar-refractivity contribution >= 4 is 12.4 Å². The minimum Gasteiger partial charge on any atom is -0.339 e. The molecule has 6 heteroatoms. The van der Waals surface area contributed by atoms with Crippen LogP contribution in [0.1, 0.15) is 5.89 Å². The summed E-state index contributed by atoms with van der Waals surface area (Å²) in [5.74, 6) is 0.666. The summed E-state index contributed by atoms with van der Waals surface area (Å²) in [7, 11) is 0. The van der Waals surface area contributed by atoms with Gasteiger partial charge < -0.3 is 10.3 Å². The smallest absolute Gasteiger partial charge is 0.228 e. The maximum absolute atomic E-state index is 12.6. The van der Waals surface area contributed by atoms with E-state index >= 15 is 0 Å². The summed E-state index contributed by atoms with van der Waals surface area (Å²) in [6.45, 7) is 0.463. The van der Waals surface area contributed by atoms with E-state index in [1.54, 1.807) is 12.1 Å². The van der Waals surface area contributed by atoms with Gasteiger partial charge in [0.05, 0.1) is 0 Å². The highest BCUT2D eigenvalue weighted by molar-refractivity contribution is 5.85. The minimum absolute atomic E-state index is 0. The molecule has 1 aromatic carbocycles. The Morgan fingerprint density at radius 3 is 2.56 bits per heavy atom. The lowest BCUT2D eigenvalue weighted by molar-refractivity contribution is 0.380. The lowest BCUT2D eigenvalue weighted by Gasteiger charge is -1.92. The molecule has 0 aliphatic rings. The van der Waals surface area contributed by atoms with E-state index < -0.39 is 0 Å². The minimum atomic E-state index is -0.288. The molecule has 2 aromatic rings. The fraction of sp³-hybridized carbons (Fsp3) is 0.200. The number of benzene rings is 1. The van der Waals surface area contributed by atoms with Crippen LogP contribution in [0.15, 0.2) is 28.8 Å². The van der Waals surface area contributed by atoms with Crippen LogP contribution in [0.4, 0.5) is 4.39 Å². The second-order valence-electron chi connectivity index (χ2n) is 3.06. The third kappa shape index (κ3) is 2.77. The van der Waals surface area contributed by atoms with Crippen molar-refractivity contribution in [2.45, 2.75) is 6.42 Å².